The van der Waals surface area contributed by atoms with Crippen molar-refractivity contribution in [3.8, 4) is 0 Å². The van der Waals surface area contributed by atoms with E-state index >= 15 is 0 Å². The Morgan fingerprint density at radius 3 is 2.00 bits per heavy atom. The summed E-state index contributed by atoms with van der Waals surface area (Å²) in [5, 5.41) is 30.9. The van der Waals surface area contributed by atoms with E-state index in [0.29, 0.717) is 11.1 Å². The standard InChI is InChI=1S/C47H64N10O15/c1-25(2)18-30(41(64)51-23-36(60)49-22-34(48)58)52-44(67)33-21-50-45(68)40(57-47(70)71-24-29-14-10-7-11-15-29)27(5)72-38(63)20-32(54-46(69)39(26(3)4)56-35(59)16-17-37(61)62)43(66)53-31(42(65)55-33)19-28-12-8-6-9-13-28/h6-15,25-27,30-33,39-40H,16-24H2,1-5H3,(H2,48,58)(H,49,60)(H,50,68)(H,51,64)(H,52,67)(H,53,66)(H,54,69)(H,55,65)(H,56,59)(H,57,70)(H,61,62)/t27-,30+,31+,32+,33+,39+,40+/m1/s1. The van der Waals surface area contributed by atoms with Gasteiger partial charge in [0.25, 0.3) is 0 Å². The van der Waals surface area contributed by atoms with Gasteiger partial charge in [-0.2, -0.15) is 0 Å². The minimum atomic E-state index is -1.85. The maximum atomic E-state index is 14.4. The summed E-state index contributed by atoms with van der Waals surface area (Å²) < 4.78 is 10.9. The van der Waals surface area contributed by atoms with Crippen molar-refractivity contribution in [1.82, 2.24) is 47.9 Å². The van der Waals surface area contributed by atoms with Crippen molar-refractivity contribution in [2.75, 3.05) is 19.6 Å². The Morgan fingerprint density at radius 2 is 1.40 bits per heavy atom. The molecule has 1 saturated heterocycles. The Bertz CT molecular complexity index is 2260. The van der Waals surface area contributed by atoms with E-state index in [2.05, 4.69) is 47.9 Å². The lowest BCUT2D eigenvalue weighted by molar-refractivity contribution is -0.153. The summed E-state index contributed by atoms with van der Waals surface area (Å²) in [5.74, 6) is -11.8. The van der Waals surface area contributed by atoms with Gasteiger partial charge in [0.05, 0.1) is 25.9 Å². The van der Waals surface area contributed by atoms with Crippen LogP contribution in [0.25, 0.3) is 0 Å². The lowest BCUT2D eigenvalue weighted by Crippen LogP contribution is -2.62. The number of rotatable bonds is 21. The molecule has 392 valence electrons. The largest absolute Gasteiger partial charge is 0.481 e. The van der Waals surface area contributed by atoms with Gasteiger partial charge in [-0.1, -0.05) is 88.4 Å². The minimum absolute atomic E-state index is 0.00302. The maximum absolute atomic E-state index is 14.4. The number of hydrogen-bond acceptors (Lipinski definition) is 14. The van der Waals surface area contributed by atoms with E-state index in [9.17, 15) is 57.5 Å². The average Bonchev–Trinajstić information content (AvgIpc) is 3.32. The fourth-order valence-corrected chi connectivity index (χ4v) is 6.89. The van der Waals surface area contributed by atoms with Gasteiger partial charge in [-0.25, -0.2) is 4.79 Å². The number of carboxylic acid groups (broad SMARTS) is 1. The first kappa shape index (κ1) is 58.2. The Balaban J connectivity index is 2.09. The first-order valence-electron chi connectivity index (χ1n) is 23.1. The second-order valence-electron chi connectivity index (χ2n) is 17.5. The van der Waals surface area contributed by atoms with E-state index in [1.165, 1.54) is 6.92 Å². The molecule has 72 heavy (non-hydrogen) atoms. The minimum Gasteiger partial charge on any atom is -0.481 e. The molecular weight excluding hydrogens is 945 g/mol. The molecule has 25 nitrogen and oxygen atoms in total. The zero-order valence-corrected chi connectivity index (χ0v) is 40.6. The van der Waals surface area contributed by atoms with Crippen LogP contribution in [0.4, 0.5) is 4.79 Å². The first-order chi connectivity index (χ1) is 34.0. The monoisotopic (exact) mass is 1010 g/mol. The van der Waals surface area contributed by atoms with Crippen LogP contribution >= 0.6 is 0 Å². The molecule has 25 heteroatoms. The molecule has 3 rings (SSSR count). The van der Waals surface area contributed by atoms with Crippen LogP contribution < -0.4 is 53.6 Å². The van der Waals surface area contributed by atoms with Crippen LogP contribution in [0.3, 0.4) is 0 Å². The number of benzene rings is 2. The molecule has 2 aromatic rings. The topological polar surface area (TPSA) is 378 Å². The number of hydrogen-bond donors (Lipinski definition) is 11. The fraction of sp³-hybridized carbons (Fsp3) is 0.489. The average molecular weight is 1010 g/mol. The number of carboxylic acids is 1. The van der Waals surface area contributed by atoms with Gasteiger partial charge in [-0.05, 0) is 36.3 Å². The quantitative estimate of drug-likeness (QED) is 0.0585. The van der Waals surface area contributed by atoms with Gasteiger partial charge in [0.15, 0.2) is 0 Å². The van der Waals surface area contributed by atoms with Crippen LogP contribution in [0.2, 0.25) is 0 Å². The van der Waals surface area contributed by atoms with E-state index < -0.39 is 158 Å². The van der Waals surface area contributed by atoms with Gasteiger partial charge in [-0.3, -0.25) is 52.7 Å². The number of amides is 10. The molecule has 0 aromatic heterocycles. The predicted octanol–water partition coefficient (Wildman–Crippen LogP) is -2.32. The van der Waals surface area contributed by atoms with Gasteiger partial charge in [0, 0.05) is 19.4 Å². The molecule has 0 radical (unpaired) electrons. The Hall–Kier alpha value is -8.12. The zero-order chi connectivity index (χ0) is 53.5. The highest BCUT2D eigenvalue weighted by Crippen LogP contribution is 2.12. The molecule has 0 unspecified atom stereocenters. The molecule has 1 aliphatic rings. The van der Waals surface area contributed by atoms with Crippen LogP contribution in [-0.2, 0) is 75.2 Å². The summed E-state index contributed by atoms with van der Waals surface area (Å²) in [6.07, 6.45) is -4.93. The van der Waals surface area contributed by atoms with Gasteiger partial charge >= 0.3 is 18.0 Å². The van der Waals surface area contributed by atoms with Gasteiger partial charge < -0.3 is 68.2 Å². The summed E-state index contributed by atoms with van der Waals surface area (Å²) >= 11 is 0. The van der Waals surface area contributed by atoms with Gasteiger partial charge in [0.1, 0.15) is 49.0 Å². The lowest BCUT2D eigenvalue weighted by Gasteiger charge is -2.28. The number of cyclic esters (lactones) is 1. The molecule has 10 amide bonds. The van der Waals surface area contributed by atoms with E-state index in [-0.39, 0.29) is 25.4 Å². The molecule has 1 aliphatic heterocycles. The van der Waals surface area contributed by atoms with Crippen LogP contribution in [0.1, 0.15) is 71.4 Å². The number of alkyl carbamates (subject to hydrolysis) is 1. The predicted molar refractivity (Wildman–Crippen MR) is 253 cm³/mol. The number of nitrogens with two attached hydrogens (primary N) is 1. The molecule has 1 heterocycles. The summed E-state index contributed by atoms with van der Waals surface area (Å²) in [6, 6.07) is 7.02. The molecule has 7 atom stereocenters. The van der Waals surface area contributed by atoms with Crippen LogP contribution in [0.5, 0.6) is 0 Å². The number of nitrogens with one attached hydrogen (secondary N) is 9. The van der Waals surface area contributed by atoms with Crippen molar-refractivity contribution < 1.29 is 72.1 Å². The lowest BCUT2D eigenvalue weighted by atomic mass is 10.0. The molecule has 12 N–H and O–H groups in total. The highest BCUT2D eigenvalue weighted by molar-refractivity contribution is 5.99. The summed E-state index contributed by atoms with van der Waals surface area (Å²) in [6.45, 7) is 5.69. The molecule has 0 aliphatic carbocycles. The van der Waals surface area contributed by atoms with E-state index in [4.69, 9.17) is 20.3 Å². The number of ether oxygens (including phenoxy) is 2. The molecule has 2 aromatic carbocycles. The van der Waals surface area contributed by atoms with Gasteiger partial charge in [-0.15, -0.1) is 0 Å². The van der Waals surface area contributed by atoms with Crippen molar-refractivity contribution in [3.05, 3.63) is 71.8 Å². The normalized spacial score (nSPS) is 19.5. The maximum Gasteiger partial charge on any atom is 0.408 e. The summed E-state index contributed by atoms with van der Waals surface area (Å²) in [5.41, 5.74) is 6.14. The Morgan fingerprint density at radius 1 is 0.764 bits per heavy atom. The third kappa shape index (κ3) is 20.9. The number of carbonyl (C=O) groups is 12. The number of esters is 1. The highest BCUT2D eigenvalue weighted by Gasteiger charge is 2.38. The molecule has 1 fully saturated rings. The van der Waals surface area contributed by atoms with Crippen molar-refractivity contribution >= 4 is 71.2 Å². The number of carbonyl (C=O) groups excluding carboxylic acids is 11. The molecule has 0 bridgehead atoms. The number of aliphatic carboxylic acids is 1. The van der Waals surface area contributed by atoms with E-state index in [1.54, 1.807) is 88.4 Å². The smallest absolute Gasteiger partial charge is 0.408 e. The first-order valence-corrected chi connectivity index (χ1v) is 23.1. The second kappa shape index (κ2) is 29.2. The van der Waals surface area contributed by atoms with Crippen LogP contribution in [0, 0.1) is 11.8 Å². The van der Waals surface area contributed by atoms with Gasteiger partial charge in [0.2, 0.25) is 53.2 Å². The highest BCUT2D eigenvalue weighted by atomic mass is 16.6. The van der Waals surface area contributed by atoms with E-state index in [1.807, 2.05) is 0 Å². The number of primary amides is 1. The van der Waals surface area contributed by atoms with Crippen molar-refractivity contribution in [2.45, 2.75) is 116 Å². The molecule has 0 saturated carbocycles. The summed E-state index contributed by atoms with van der Waals surface area (Å²) in [4.78, 5) is 159. The summed E-state index contributed by atoms with van der Waals surface area (Å²) in [7, 11) is 0. The molecule has 0 spiro atoms. The SMILES string of the molecule is CC(C)C[C@H](NC(=O)[C@@H]1CNC(=O)[C@@H](NC(=O)OCc2ccccc2)[C@@H](C)OC(=O)C[C@H](NC(=O)[C@@H](NC(=O)CCC(=O)O)C(C)C)C(=O)N[C@@H](Cc2ccccc2)C(=O)N1)C(=O)NCC(=O)NCC(N)=O. The van der Waals surface area contributed by atoms with Crippen molar-refractivity contribution in [2.24, 2.45) is 17.6 Å². The van der Waals surface area contributed by atoms with Crippen molar-refractivity contribution in [1.29, 1.82) is 0 Å². The third-order valence-corrected chi connectivity index (χ3v) is 10.6. The Kier molecular flexibility index (Phi) is 23.6. The zero-order valence-electron chi connectivity index (χ0n) is 40.6. The van der Waals surface area contributed by atoms with Crippen molar-refractivity contribution in [3.63, 3.8) is 0 Å². The fourth-order valence-electron chi connectivity index (χ4n) is 6.89. The van der Waals surface area contributed by atoms with E-state index in [0.717, 1.165) is 0 Å². The van der Waals surface area contributed by atoms with Crippen LogP contribution in [0.15, 0.2) is 60.7 Å². The Labute approximate surface area is 415 Å². The molecular formula is C47H64N10O15. The third-order valence-electron chi connectivity index (χ3n) is 10.6. The van der Waals surface area contributed by atoms with Crippen LogP contribution in [-0.4, -0.2) is 138 Å². The second-order valence-corrected chi connectivity index (χ2v) is 17.5.